The molecule has 2 fully saturated rings. The molecular weight excluding hydrogens is 252 g/mol. The van der Waals surface area contributed by atoms with Gasteiger partial charge >= 0.3 is 0 Å². The predicted octanol–water partition coefficient (Wildman–Crippen LogP) is 1.50. The Morgan fingerprint density at radius 1 is 1.15 bits per heavy atom. The van der Waals surface area contributed by atoms with E-state index in [4.69, 9.17) is 5.11 Å². The molecule has 4 nitrogen and oxygen atoms in total. The molecule has 2 aliphatic heterocycles. The Balaban J connectivity index is 1.77. The zero-order chi connectivity index (χ0) is 14.0. The van der Waals surface area contributed by atoms with Crippen LogP contribution in [0.1, 0.15) is 19.3 Å². The number of benzene rings is 1. The van der Waals surface area contributed by atoms with Crippen molar-refractivity contribution in [1.82, 2.24) is 4.90 Å². The SMILES string of the molecule is O=C1N(c2ccccc2)CC[C@@]12CCCN(CCO)C2. The minimum absolute atomic E-state index is 0.173. The number of anilines is 1. The van der Waals surface area contributed by atoms with Crippen LogP contribution in [0.3, 0.4) is 0 Å². The molecule has 0 unspecified atom stereocenters. The minimum Gasteiger partial charge on any atom is -0.395 e. The van der Waals surface area contributed by atoms with Gasteiger partial charge in [0.15, 0.2) is 0 Å². The largest absolute Gasteiger partial charge is 0.395 e. The highest BCUT2D eigenvalue weighted by Crippen LogP contribution is 2.41. The maximum absolute atomic E-state index is 12.9. The third-order valence-electron chi connectivity index (χ3n) is 4.65. The molecule has 1 aromatic rings. The number of nitrogens with zero attached hydrogens (tertiary/aromatic N) is 2. The number of hydrogen-bond acceptors (Lipinski definition) is 3. The van der Waals surface area contributed by atoms with Gasteiger partial charge in [-0.3, -0.25) is 9.69 Å². The summed E-state index contributed by atoms with van der Waals surface area (Å²) in [6.45, 7) is 3.47. The van der Waals surface area contributed by atoms with E-state index in [1.807, 2.05) is 35.2 Å². The fraction of sp³-hybridized carbons (Fsp3) is 0.562. The van der Waals surface area contributed by atoms with Crippen LogP contribution >= 0.6 is 0 Å². The van der Waals surface area contributed by atoms with Gasteiger partial charge in [-0.1, -0.05) is 18.2 Å². The van der Waals surface area contributed by atoms with Crippen LogP contribution in [0.15, 0.2) is 30.3 Å². The van der Waals surface area contributed by atoms with Crippen molar-refractivity contribution in [3.63, 3.8) is 0 Å². The summed E-state index contributed by atoms with van der Waals surface area (Å²) in [6.07, 6.45) is 2.97. The van der Waals surface area contributed by atoms with E-state index in [1.165, 1.54) is 0 Å². The average Bonchev–Trinajstić information content (AvgIpc) is 2.78. The lowest BCUT2D eigenvalue weighted by molar-refractivity contribution is -0.128. The number of carbonyl (C=O) groups is 1. The maximum Gasteiger partial charge on any atom is 0.234 e. The van der Waals surface area contributed by atoms with Gasteiger partial charge in [0.1, 0.15) is 0 Å². The van der Waals surface area contributed by atoms with Crippen molar-refractivity contribution in [2.75, 3.05) is 37.7 Å². The summed E-state index contributed by atoms with van der Waals surface area (Å²) < 4.78 is 0. The molecular formula is C16H22N2O2. The minimum atomic E-state index is -0.219. The lowest BCUT2D eigenvalue weighted by Crippen LogP contribution is -2.48. The predicted molar refractivity (Wildman–Crippen MR) is 78.6 cm³/mol. The Morgan fingerprint density at radius 3 is 2.70 bits per heavy atom. The number of para-hydroxylation sites is 1. The monoisotopic (exact) mass is 274 g/mol. The molecule has 4 heteroatoms. The number of hydrogen-bond donors (Lipinski definition) is 1. The number of likely N-dealkylation sites (tertiary alicyclic amines) is 1. The maximum atomic E-state index is 12.9. The normalized spacial score (nSPS) is 27.4. The highest BCUT2D eigenvalue weighted by molar-refractivity contribution is 6.00. The summed E-state index contributed by atoms with van der Waals surface area (Å²) in [6, 6.07) is 9.94. The first-order valence-electron chi connectivity index (χ1n) is 7.45. The molecule has 20 heavy (non-hydrogen) atoms. The molecule has 3 rings (SSSR count). The first-order chi connectivity index (χ1) is 9.75. The smallest absolute Gasteiger partial charge is 0.234 e. The molecule has 0 radical (unpaired) electrons. The van der Waals surface area contributed by atoms with E-state index in [0.29, 0.717) is 6.54 Å². The van der Waals surface area contributed by atoms with Gasteiger partial charge in [-0.05, 0) is 37.9 Å². The zero-order valence-electron chi connectivity index (χ0n) is 11.8. The van der Waals surface area contributed by atoms with Gasteiger partial charge in [-0.15, -0.1) is 0 Å². The van der Waals surface area contributed by atoms with Crippen LogP contribution in [0.2, 0.25) is 0 Å². The molecule has 0 aromatic heterocycles. The molecule has 2 heterocycles. The summed E-state index contributed by atoms with van der Waals surface area (Å²) >= 11 is 0. The number of rotatable bonds is 3. The van der Waals surface area contributed by atoms with Crippen molar-refractivity contribution in [3.8, 4) is 0 Å². The second-order valence-electron chi connectivity index (χ2n) is 5.93. The van der Waals surface area contributed by atoms with Crippen molar-refractivity contribution < 1.29 is 9.90 Å². The van der Waals surface area contributed by atoms with Crippen molar-refractivity contribution in [2.24, 2.45) is 5.41 Å². The van der Waals surface area contributed by atoms with Gasteiger partial charge in [-0.25, -0.2) is 0 Å². The Hall–Kier alpha value is -1.39. The van der Waals surface area contributed by atoms with Crippen LogP contribution in [0.5, 0.6) is 0 Å². The molecule has 0 bridgehead atoms. The first kappa shape index (κ1) is 13.6. The third kappa shape index (κ3) is 2.34. The molecule has 1 atom stereocenters. The molecule has 0 aliphatic carbocycles. The molecule has 108 valence electrons. The van der Waals surface area contributed by atoms with Gasteiger partial charge < -0.3 is 10.0 Å². The third-order valence-corrected chi connectivity index (χ3v) is 4.65. The van der Waals surface area contributed by atoms with E-state index in [2.05, 4.69) is 4.90 Å². The highest BCUT2D eigenvalue weighted by Gasteiger charge is 2.48. The second-order valence-corrected chi connectivity index (χ2v) is 5.93. The molecule has 1 N–H and O–H groups in total. The molecule has 1 aromatic carbocycles. The molecule has 0 saturated carbocycles. The summed E-state index contributed by atoms with van der Waals surface area (Å²) in [4.78, 5) is 17.0. The van der Waals surface area contributed by atoms with E-state index in [9.17, 15) is 4.79 Å². The Kier molecular flexibility index (Phi) is 3.76. The van der Waals surface area contributed by atoms with E-state index in [-0.39, 0.29) is 17.9 Å². The molecule has 2 saturated heterocycles. The van der Waals surface area contributed by atoms with Crippen LogP contribution in [0, 0.1) is 5.41 Å². The van der Waals surface area contributed by atoms with E-state index < -0.39 is 0 Å². The van der Waals surface area contributed by atoms with Crippen LogP contribution in [0.25, 0.3) is 0 Å². The van der Waals surface area contributed by atoms with Crippen molar-refractivity contribution in [2.45, 2.75) is 19.3 Å². The number of carbonyl (C=O) groups excluding carboxylic acids is 1. The standard InChI is InChI=1S/C16H22N2O2/c19-12-11-17-9-4-7-16(13-17)8-10-18(15(16)20)14-5-2-1-3-6-14/h1-3,5-6,19H,4,7-13H2/t16-/m1/s1. The quantitative estimate of drug-likeness (QED) is 0.908. The average molecular weight is 274 g/mol. The summed E-state index contributed by atoms with van der Waals surface area (Å²) in [7, 11) is 0. The van der Waals surface area contributed by atoms with Gasteiger partial charge in [-0.2, -0.15) is 0 Å². The van der Waals surface area contributed by atoms with Crippen LogP contribution < -0.4 is 4.90 Å². The van der Waals surface area contributed by atoms with Crippen LogP contribution in [-0.4, -0.2) is 48.7 Å². The van der Waals surface area contributed by atoms with E-state index >= 15 is 0 Å². The van der Waals surface area contributed by atoms with Crippen molar-refractivity contribution >= 4 is 11.6 Å². The van der Waals surface area contributed by atoms with Gasteiger partial charge in [0.2, 0.25) is 5.91 Å². The van der Waals surface area contributed by atoms with E-state index in [0.717, 1.165) is 44.6 Å². The van der Waals surface area contributed by atoms with Crippen molar-refractivity contribution in [3.05, 3.63) is 30.3 Å². The van der Waals surface area contributed by atoms with Crippen LogP contribution in [-0.2, 0) is 4.79 Å². The first-order valence-corrected chi connectivity index (χ1v) is 7.45. The molecule has 1 amide bonds. The highest BCUT2D eigenvalue weighted by atomic mass is 16.3. The Morgan fingerprint density at radius 2 is 1.95 bits per heavy atom. The van der Waals surface area contributed by atoms with Gasteiger partial charge in [0.05, 0.1) is 12.0 Å². The summed E-state index contributed by atoms with van der Waals surface area (Å²) in [5, 5.41) is 9.11. The summed E-state index contributed by atoms with van der Waals surface area (Å²) in [5.74, 6) is 0.270. The number of β-amino-alcohol motifs (C(OH)–C–C–N with tert-alkyl or cyclic N) is 1. The lowest BCUT2D eigenvalue weighted by Gasteiger charge is -2.38. The number of amides is 1. The van der Waals surface area contributed by atoms with Gasteiger partial charge in [0, 0.05) is 25.3 Å². The number of piperidine rings is 1. The Bertz CT molecular complexity index is 475. The lowest BCUT2D eigenvalue weighted by atomic mass is 9.78. The van der Waals surface area contributed by atoms with Gasteiger partial charge in [0.25, 0.3) is 0 Å². The van der Waals surface area contributed by atoms with E-state index in [1.54, 1.807) is 0 Å². The van der Waals surface area contributed by atoms with Crippen LogP contribution in [0.4, 0.5) is 5.69 Å². The molecule has 1 spiro atoms. The van der Waals surface area contributed by atoms with Crippen molar-refractivity contribution in [1.29, 1.82) is 0 Å². The Labute approximate surface area is 120 Å². The number of aliphatic hydroxyl groups excluding tert-OH is 1. The number of aliphatic hydroxyl groups is 1. The second kappa shape index (κ2) is 5.54. The fourth-order valence-corrected chi connectivity index (χ4v) is 3.61. The zero-order valence-corrected chi connectivity index (χ0v) is 11.8. The topological polar surface area (TPSA) is 43.8 Å². The fourth-order valence-electron chi connectivity index (χ4n) is 3.61. The summed E-state index contributed by atoms with van der Waals surface area (Å²) in [5.41, 5.74) is 0.789. The molecule has 2 aliphatic rings.